The Kier molecular flexibility index (Phi) is 3.19. The maximum Gasteiger partial charge on any atom is 0.307 e. The van der Waals surface area contributed by atoms with E-state index in [4.69, 9.17) is 15.6 Å². The number of nitrogens with two attached hydrogens (primary N) is 1. The number of rotatable bonds is 4. The Hall–Kier alpha value is -1.97. The van der Waals surface area contributed by atoms with Crippen LogP contribution in [0, 0.1) is 34.9 Å². The second kappa shape index (κ2) is 4.79. The minimum Gasteiger partial charge on any atom is -0.481 e. The number of aliphatic carboxylic acids is 1. The van der Waals surface area contributed by atoms with Crippen LogP contribution in [0.25, 0.3) is 0 Å². The lowest BCUT2D eigenvalue weighted by molar-refractivity contribution is -0.140. The Morgan fingerprint density at radius 1 is 1.52 bits per heavy atom. The topological polar surface area (TPSA) is 96.3 Å². The van der Waals surface area contributed by atoms with Gasteiger partial charge in [0.2, 0.25) is 0 Å². The lowest BCUT2D eigenvalue weighted by Crippen LogP contribution is -2.51. The summed E-state index contributed by atoms with van der Waals surface area (Å²) < 4.78 is 18.5. The van der Waals surface area contributed by atoms with E-state index in [2.05, 4.69) is 0 Å². The highest BCUT2D eigenvalue weighted by atomic mass is 19.1. The smallest absolute Gasteiger partial charge is 0.307 e. The summed E-state index contributed by atoms with van der Waals surface area (Å²) in [6, 6.07) is 7.93. The molecule has 0 aromatic heterocycles. The zero-order chi connectivity index (χ0) is 15.2. The van der Waals surface area contributed by atoms with Gasteiger partial charge in [0.15, 0.2) is 0 Å². The van der Waals surface area contributed by atoms with Gasteiger partial charge >= 0.3 is 5.97 Å². The summed E-state index contributed by atoms with van der Waals surface area (Å²) in [6.45, 7) is 0.225. The molecule has 2 aliphatic carbocycles. The van der Waals surface area contributed by atoms with Gasteiger partial charge < -0.3 is 15.6 Å². The van der Waals surface area contributed by atoms with Crippen LogP contribution in [0.15, 0.2) is 24.3 Å². The minimum atomic E-state index is -1.26. The van der Waals surface area contributed by atoms with Gasteiger partial charge in [0, 0.05) is 5.92 Å². The number of carboxylic acid groups (broad SMARTS) is 1. The van der Waals surface area contributed by atoms with Crippen molar-refractivity contribution in [3.63, 3.8) is 0 Å². The van der Waals surface area contributed by atoms with Gasteiger partial charge in [0.1, 0.15) is 11.4 Å². The molecule has 0 saturated heterocycles. The SMILES string of the molecule is N#C[C@@]1(N)[C@H]2[C@@H](C[C@H]1OCc1ccc(F)cc1)[C@@H]2C(=O)O. The van der Waals surface area contributed by atoms with Gasteiger partial charge in [-0.05, 0) is 30.0 Å². The van der Waals surface area contributed by atoms with Crippen molar-refractivity contribution in [3.8, 4) is 6.07 Å². The molecular weight excluding hydrogens is 275 g/mol. The molecule has 1 aromatic rings. The molecule has 0 radical (unpaired) electrons. The third-order valence-corrected chi connectivity index (χ3v) is 4.58. The van der Waals surface area contributed by atoms with Gasteiger partial charge in [-0.15, -0.1) is 0 Å². The Morgan fingerprint density at radius 2 is 2.19 bits per heavy atom. The number of carboxylic acids is 1. The number of halogens is 1. The van der Waals surface area contributed by atoms with Crippen LogP contribution in [0.2, 0.25) is 0 Å². The Labute approximate surface area is 121 Å². The molecule has 5 nitrogen and oxygen atoms in total. The summed E-state index contributed by atoms with van der Waals surface area (Å²) in [5, 5.41) is 18.4. The number of ether oxygens (including phenoxy) is 1. The summed E-state index contributed by atoms with van der Waals surface area (Å²) in [7, 11) is 0. The van der Waals surface area contributed by atoms with Crippen LogP contribution in [-0.4, -0.2) is 22.7 Å². The van der Waals surface area contributed by atoms with Crippen molar-refractivity contribution < 1.29 is 19.0 Å². The van der Waals surface area contributed by atoms with Crippen LogP contribution in [0.5, 0.6) is 0 Å². The van der Waals surface area contributed by atoms with Crippen molar-refractivity contribution >= 4 is 5.97 Å². The summed E-state index contributed by atoms with van der Waals surface area (Å²) in [5.74, 6) is -2.16. The molecule has 2 aliphatic rings. The lowest BCUT2D eigenvalue weighted by atomic mass is 9.90. The molecule has 0 heterocycles. The normalized spacial score (nSPS) is 36.8. The average molecular weight is 290 g/mol. The Balaban J connectivity index is 1.66. The van der Waals surface area contributed by atoms with Gasteiger partial charge in [0.05, 0.1) is 24.7 Å². The van der Waals surface area contributed by atoms with E-state index in [9.17, 15) is 14.4 Å². The van der Waals surface area contributed by atoms with Crippen LogP contribution < -0.4 is 5.73 Å². The molecule has 2 saturated carbocycles. The molecule has 0 aliphatic heterocycles. The maximum absolute atomic E-state index is 12.8. The molecule has 3 rings (SSSR count). The number of nitriles is 1. The fraction of sp³-hybridized carbons (Fsp3) is 0.467. The fourth-order valence-corrected chi connectivity index (χ4v) is 3.44. The van der Waals surface area contributed by atoms with E-state index >= 15 is 0 Å². The number of benzene rings is 1. The number of carbonyl (C=O) groups is 1. The minimum absolute atomic E-state index is 0.0784. The first-order valence-electron chi connectivity index (χ1n) is 6.76. The summed E-state index contributed by atoms with van der Waals surface area (Å²) in [5.41, 5.74) is 5.62. The van der Waals surface area contributed by atoms with Crippen LogP contribution >= 0.6 is 0 Å². The molecule has 6 heteroatoms. The molecule has 21 heavy (non-hydrogen) atoms. The zero-order valence-corrected chi connectivity index (χ0v) is 11.2. The Morgan fingerprint density at radius 3 is 2.76 bits per heavy atom. The highest BCUT2D eigenvalue weighted by molar-refractivity contribution is 5.75. The number of hydrogen-bond acceptors (Lipinski definition) is 4. The largest absolute Gasteiger partial charge is 0.481 e. The van der Waals surface area contributed by atoms with E-state index in [0.29, 0.717) is 6.42 Å². The van der Waals surface area contributed by atoms with Gasteiger partial charge in [-0.2, -0.15) is 5.26 Å². The van der Waals surface area contributed by atoms with Crippen LogP contribution in [0.3, 0.4) is 0 Å². The molecule has 0 unspecified atom stereocenters. The van der Waals surface area contributed by atoms with Crippen LogP contribution in [0.4, 0.5) is 4.39 Å². The summed E-state index contributed by atoms with van der Waals surface area (Å²) in [6.07, 6.45) is -0.00877. The second-order valence-electron chi connectivity index (χ2n) is 5.76. The first kappa shape index (κ1) is 14.0. The molecule has 1 aromatic carbocycles. The average Bonchev–Trinajstić information content (AvgIpc) is 3.12. The summed E-state index contributed by atoms with van der Waals surface area (Å²) >= 11 is 0. The van der Waals surface area contributed by atoms with Crippen molar-refractivity contribution in [3.05, 3.63) is 35.6 Å². The van der Waals surface area contributed by atoms with Gasteiger partial charge in [-0.1, -0.05) is 12.1 Å². The lowest BCUT2D eigenvalue weighted by Gasteiger charge is -2.28. The van der Waals surface area contributed by atoms with Crippen molar-refractivity contribution in [1.82, 2.24) is 0 Å². The fourth-order valence-electron chi connectivity index (χ4n) is 3.44. The Bertz CT molecular complexity index is 612. The van der Waals surface area contributed by atoms with Crippen LogP contribution in [-0.2, 0) is 16.1 Å². The predicted molar refractivity (Wildman–Crippen MR) is 70.2 cm³/mol. The second-order valence-corrected chi connectivity index (χ2v) is 5.76. The molecule has 5 atom stereocenters. The van der Waals surface area contributed by atoms with Crippen molar-refractivity contribution in [2.45, 2.75) is 24.7 Å². The van der Waals surface area contributed by atoms with Gasteiger partial charge in [0.25, 0.3) is 0 Å². The first-order valence-corrected chi connectivity index (χ1v) is 6.76. The van der Waals surface area contributed by atoms with E-state index in [0.717, 1.165) is 5.56 Å². The van der Waals surface area contributed by atoms with Gasteiger partial charge in [-0.25, -0.2) is 4.39 Å². The van der Waals surface area contributed by atoms with E-state index in [1.165, 1.54) is 12.1 Å². The predicted octanol–water partition coefficient (Wildman–Crippen LogP) is 1.28. The van der Waals surface area contributed by atoms with E-state index in [1.807, 2.05) is 6.07 Å². The highest BCUT2D eigenvalue weighted by Crippen LogP contribution is 2.62. The maximum atomic E-state index is 12.8. The summed E-state index contributed by atoms with van der Waals surface area (Å²) in [4.78, 5) is 11.1. The van der Waals surface area contributed by atoms with Gasteiger partial charge in [-0.3, -0.25) is 4.79 Å². The highest BCUT2D eigenvalue weighted by Gasteiger charge is 2.72. The first-order chi connectivity index (χ1) is 9.97. The molecule has 3 N–H and O–H groups in total. The van der Waals surface area contributed by atoms with E-state index in [1.54, 1.807) is 12.1 Å². The molecule has 0 spiro atoms. The van der Waals surface area contributed by atoms with Crippen molar-refractivity contribution in [2.24, 2.45) is 23.5 Å². The van der Waals surface area contributed by atoms with Crippen LogP contribution in [0.1, 0.15) is 12.0 Å². The van der Waals surface area contributed by atoms with E-state index in [-0.39, 0.29) is 24.3 Å². The molecule has 110 valence electrons. The number of nitrogens with zero attached hydrogens (tertiary/aromatic N) is 1. The molecule has 0 bridgehead atoms. The molecule has 2 fully saturated rings. The quantitative estimate of drug-likeness (QED) is 0.870. The zero-order valence-electron chi connectivity index (χ0n) is 11.2. The number of hydrogen-bond donors (Lipinski definition) is 2. The van der Waals surface area contributed by atoms with E-state index < -0.39 is 23.5 Å². The van der Waals surface area contributed by atoms with Crippen molar-refractivity contribution in [2.75, 3.05) is 0 Å². The monoisotopic (exact) mass is 290 g/mol. The van der Waals surface area contributed by atoms with Crippen molar-refractivity contribution in [1.29, 1.82) is 5.26 Å². The molecular formula is C15H15FN2O3. The number of fused-ring (bicyclic) bond motifs is 1. The third kappa shape index (κ3) is 2.19. The third-order valence-electron chi connectivity index (χ3n) is 4.58. The molecule has 0 amide bonds. The standard InChI is InChI=1S/C15H15FN2O3/c16-9-3-1-8(2-4-9)6-21-11-5-10-12(14(19)20)13(10)15(11,18)7-17/h1-4,10-13H,5-6,18H2,(H,19,20)/t10-,11+,12-,13-,15-/m0/s1.